The molecule has 0 aliphatic carbocycles. The molecule has 0 aliphatic heterocycles. The third kappa shape index (κ3) is 8.70. The second-order valence-electron chi connectivity index (χ2n) is 15.3. The van der Waals surface area contributed by atoms with Crippen LogP contribution in [-0.2, 0) is 19.8 Å². The van der Waals surface area contributed by atoms with Crippen LogP contribution in [0.1, 0.15) is 16.7 Å². The van der Waals surface area contributed by atoms with E-state index in [0.717, 1.165) is 101 Å². The Morgan fingerprint density at radius 3 is 0.475 bits per heavy atom. The summed E-state index contributed by atoms with van der Waals surface area (Å²) in [5.74, 6) is 0. The van der Waals surface area contributed by atoms with E-state index in [4.69, 9.17) is 0 Å². The molecule has 0 saturated carbocycles. The van der Waals surface area contributed by atoms with Crippen molar-refractivity contribution < 1.29 is 15.3 Å². The van der Waals surface area contributed by atoms with E-state index >= 15 is 0 Å². The topological polar surface area (TPSA) is 63.9 Å². The van der Waals surface area contributed by atoms with E-state index in [0.29, 0.717) is 0 Å². The van der Waals surface area contributed by atoms with Gasteiger partial charge in [-0.15, -0.1) is 0 Å². The van der Waals surface area contributed by atoms with Gasteiger partial charge < -0.3 is 20.2 Å². The van der Waals surface area contributed by atoms with E-state index in [1.54, 1.807) is 0 Å². The van der Waals surface area contributed by atoms with Gasteiger partial charge in [-0.1, -0.05) is 182 Å². The maximum atomic E-state index is 9.44. The lowest BCUT2D eigenvalue weighted by atomic mass is 9.98. The monoisotopic (exact) mass is 791 g/mol. The van der Waals surface area contributed by atoms with E-state index in [1.807, 2.05) is 36.4 Å². The minimum absolute atomic E-state index is 0.0423. The molecule has 0 aromatic heterocycles. The molecule has 0 unspecified atom stereocenters. The summed E-state index contributed by atoms with van der Waals surface area (Å²) in [7, 11) is 0. The lowest BCUT2D eigenvalue weighted by Gasteiger charge is -2.26. The Morgan fingerprint density at radius 1 is 0.197 bits per heavy atom. The average molecular weight is 792 g/mol. The van der Waals surface area contributed by atoms with E-state index < -0.39 is 0 Å². The number of benzene rings is 9. The smallest absolute Gasteiger partial charge is 0.0681 e. The van der Waals surface area contributed by atoms with E-state index in [9.17, 15) is 15.3 Å². The summed E-state index contributed by atoms with van der Waals surface area (Å²) in [6.45, 7) is 0.127. The Kier molecular flexibility index (Phi) is 11.5. The molecule has 0 fully saturated rings. The molecular formula is C57H45NO3. The van der Waals surface area contributed by atoms with Crippen LogP contribution in [0, 0.1) is 0 Å². The fourth-order valence-corrected chi connectivity index (χ4v) is 7.83. The number of nitrogens with zero attached hydrogens (tertiary/aromatic N) is 1. The maximum Gasteiger partial charge on any atom is 0.0681 e. The summed E-state index contributed by atoms with van der Waals surface area (Å²) >= 11 is 0. The number of rotatable bonds is 12. The average Bonchev–Trinajstić information content (AvgIpc) is 3.35. The second-order valence-corrected chi connectivity index (χ2v) is 15.3. The summed E-state index contributed by atoms with van der Waals surface area (Å²) < 4.78 is 0. The number of hydrogen-bond donors (Lipinski definition) is 3. The SMILES string of the molecule is OCc1ccc(-c2ccc(-c3ccc(N(c4ccc(-c5ccc(-c6ccc(CO)cc6)cc5)cc4)c4ccc(-c5ccc(-c6ccc(CO)cc6)cc5)cc4)cc3)cc2)cc1. The Labute approximate surface area is 357 Å². The molecule has 0 spiro atoms. The minimum atomic E-state index is 0.0423. The molecule has 0 saturated heterocycles. The molecule has 9 aromatic rings. The van der Waals surface area contributed by atoms with Crippen LogP contribution in [0.4, 0.5) is 17.1 Å². The molecule has 9 rings (SSSR count). The predicted octanol–water partition coefficient (Wildman–Crippen LogP) is 13.6. The molecular weight excluding hydrogens is 747 g/mol. The summed E-state index contributed by atoms with van der Waals surface area (Å²) in [4.78, 5) is 2.30. The lowest BCUT2D eigenvalue weighted by Crippen LogP contribution is -2.09. The van der Waals surface area contributed by atoms with E-state index in [1.165, 1.54) is 0 Å². The molecule has 0 heterocycles. The molecule has 0 bridgehead atoms. The first-order valence-corrected chi connectivity index (χ1v) is 20.6. The van der Waals surface area contributed by atoms with E-state index in [2.05, 4.69) is 187 Å². The molecule has 4 heteroatoms. The zero-order chi connectivity index (χ0) is 41.5. The van der Waals surface area contributed by atoms with Crippen LogP contribution in [0.25, 0.3) is 66.8 Å². The van der Waals surface area contributed by atoms with Gasteiger partial charge in [-0.05, 0) is 120 Å². The van der Waals surface area contributed by atoms with Crippen LogP contribution in [0.2, 0.25) is 0 Å². The van der Waals surface area contributed by atoms with Gasteiger partial charge in [-0.25, -0.2) is 0 Å². The molecule has 0 atom stereocenters. The van der Waals surface area contributed by atoms with Gasteiger partial charge >= 0.3 is 0 Å². The highest BCUT2D eigenvalue weighted by Gasteiger charge is 2.14. The second kappa shape index (κ2) is 17.9. The van der Waals surface area contributed by atoms with Gasteiger partial charge in [0.15, 0.2) is 0 Å². The standard InChI is InChI=1S/C57H45NO3/c59-37-40-1-7-43(8-2-40)46-13-19-49(20-14-46)52-25-31-55(32-26-52)58(56-33-27-53(28-34-56)50-21-15-47(16-22-50)44-9-3-41(38-60)4-10-44)57-35-29-54(30-36-57)51-23-17-48(18-24-51)45-11-5-42(39-61)6-12-45/h1-36,59-61H,37-39H2. The van der Waals surface area contributed by atoms with Gasteiger partial charge in [0, 0.05) is 17.1 Å². The molecule has 3 N–H and O–H groups in total. The summed E-state index contributed by atoms with van der Waals surface area (Å²) in [6.07, 6.45) is 0. The fourth-order valence-electron chi connectivity index (χ4n) is 7.83. The zero-order valence-electron chi connectivity index (χ0n) is 33.7. The van der Waals surface area contributed by atoms with Crippen LogP contribution < -0.4 is 4.90 Å². The summed E-state index contributed by atoms with van der Waals surface area (Å²) in [5, 5.41) is 28.3. The van der Waals surface area contributed by atoms with Crippen molar-refractivity contribution in [1.29, 1.82) is 0 Å². The van der Waals surface area contributed by atoms with Crippen molar-refractivity contribution in [3.63, 3.8) is 0 Å². The normalized spacial score (nSPS) is 11.1. The first kappa shape index (κ1) is 39.1. The molecule has 0 amide bonds. The molecule has 296 valence electrons. The highest BCUT2D eigenvalue weighted by Crippen LogP contribution is 2.38. The highest BCUT2D eigenvalue weighted by molar-refractivity contribution is 5.82. The van der Waals surface area contributed by atoms with Crippen LogP contribution in [-0.4, -0.2) is 15.3 Å². The number of hydrogen-bond acceptors (Lipinski definition) is 4. The Balaban J connectivity index is 0.993. The van der Waals surface area contributed by atoms with Gasteiger partial charge in [0.05, 0.1) is 19.8 Å². The van der Waals surface area contributed by atoms with Crippen molar-refractivity contribution in [1.82, 2.24) is 0 Å². The van der Waals surface area contributed by atoms with E-state index in [-0.39, 0.29) is 19.8 Å². The number of aliphatic hydroxyl groups excluding tert-OH is 3. The van der Waals surface area contributed by atoms with Crippen molar-refractivity contribution in [2.75, 3.05) is 4.90 Å². The highest BCUT2D eigenvalue weighted by atomic mass is 16.3. The van der Waals surface area contributed by atoms with Crippen molar-refractivity contribution in [3.05, 3.63) is 235 Å². The Bertz CT molecular complexity index is 2490. The lowest BCUT2D eigenvalue weighted by molar-refractivity contribution is 0.281. The molecule has 0 radical (unpaired) electrons. The maximum absolute atomic E-state index is 9.44. The largest absolute Gasteiger partial charge is 0.392 e. The minimum Gasteiger partial charge on any atom is -0.392 e. The molecule has 4 nitrogen and oxygen atoms in total. The van der Waals surface area contributed by atoms with Crippen molar-refractivity contribution >= 4 is 17.1 Å². The molecule has 9 aromatic carbocycles. The van der Waals surface area contributed by atoms with Crippen LogP contribution in [0.3, 0.4) is 0 Å². The van der Waals surface area contributed by atoms with Crippen molar-refractivity contribution in [3.8, 4) is 66.8 Å². The molecule has 61 heavy (non-hydrogen) atoms. The first-order chi connectivity index (χ1) is 30.0. The third-order valence-electron chi connectivity index (χ3n) is 11.4. The fraction of sp³-hybridized carbons (Fsp3) is 0.0526. The van der Waals surface area contributed by atoms with Crippen LogP contribution >= 0.6 is 0 Å². The van der Waals surface area contributed by atoms with Gasteiger partial charge in [0.1, 0.15) is 0 Å². The predicted molar refractivity (Wildman–Crippen MR) is 252 cm³/mol. The third-order valence-corrected chi connectivity index (χ3v) is 11.4. The molecule has 0 aliphatic rings. The van der Waals surface area contributed by atoms with Gasteiger partial charge in [0.25, 0.3) is 0 Å². The van der Waals surface area contributed by atoms with Crippen molar-refractivity contribution in [2.24, 2.45) is 0 Å². The van der Waals surface area contributed by atoms with Gasteiger partial charge in [-0.2, -0.15) is 0 Å². The van der Waals surface area contributed by atoms with Crippen LogP contribution in [0.15, 0.2) is 218 Å². The van der Waals surface area contributed by atoms with Crippen molar-refractivity contribution in [2.45, 2.75) is 19.8 Å². The van der Waals surface area contributed by atoms with Gasteiger partial charge in [-0.3, -0.25) is 0 Å². The number of anilines is 3. The first-order valence-electron chi connectivity index (χ1n) is 20.6. The number of aliphatic hydroxyl groups is 3. The van der Waals surface area contributed by atoms with Gasteiger partial charge in [0.2, 0.25) is 0 Å². The Morgan fingerprint density at radius 2 is 0.328 bits per heavy atom. The Hall–Kier alpha value is -7.34. The van der Waals surface area contributed by atoms with Crippen LogP contribution in [0.5, 0.6) is 0 Å². The quantitative estimate of drug-likeness (QED) is 0.115. The summed E-state index contributed by atoms with van der Waals surface area (Å²) in [5.41, 5.74) is 19.5. The zero-order valence-corrected chi connectivity index (χ0v) is 33.7. The summed E-state index contributed by atoms with van der Waals surface area (Å²) in [6, 6.07) is 76.3.